The summed E-state index contributed by atoms with van der Waals surface area (Å²) in [7, 11) is 0. The van der Waals surface area contributed by atoms with Crippen molar-refractivity contribution in [1.82, 2.24) is 10.2 Å². The Kier molecular flexibility index (Phi) is 6.52. The van der Waals surface area contributed by atoms with Crippen LogP contribution >= 0.6 is 0 Å². The molecule has 0 aromatic heterocycles. The van der Waals surface area contributed by atoms with Gasteiger partial charge in [0.1, 0.15) is 11.8 Å². The van der Waals surface area contributed by atoms with Crippen LogP contribution in [0.15, 0.2) is 24.3 Å². The van der Waals surface area contributed by atoms with E-state index in [-0.39, 0.29) is 18.2 Å². The van der Waals surface area contributed by atoms with E-state index in [0.717, 1.165) is 12.0 Å². The molecule has 0 radical (unpaired) electrons. The fourth-order valence-corrected chi connectivity index (χ4v) is 1.98. The van der Waals surface area contributed by atoms with E-state index in [1.165, 1.54) is 12.1 Å². The SMILES string of the molecule is CCCN(CC)C(=O)N[C@H](Cc1ccc(O)cc1)C(=O)O. The molecule has 6 nitrogen and oxygen atoms in total. The van der Waals surface area contributed by atoms with Crippen LogP contribution in [0, 0.1) is 0 Å². The number of hydrogen-bond donors (Lipinski definition) is 3. The zero-order valence-corrected chi connectivity index (χ0v) is 12.4. The summed E-state index contributed by atoms with van der Waals surface area (Å²) < 4.78 is 0. The molecule has 3 N–H and O–H groups in total. The summed E-state index contributed by atoms with van der Waals surface area (Å²) in [6, 6.07) is 4.90. The molecule has 0 saturated heterocycles. The van der Waals surface area contributed by atoms with E-state index in [1.807, 2.05) is 13.8 Å². The molecule has 116 valence electrons. The number of rotatable bonds is 7. The van der Waals surface area contributed by atoms with Gasteiger partial charge >= 0.3 is 12.0 Å². The number of hydrogen-bond acceptors (Lipinski definition) is 3. The molecular weight excluding hydrogens is 272 g/mol. The van der Waals surface area contributed by atoms with Crippen LogP contribution in [-0.4, -0.2) is 46.2 Å². The van der Waals surface area contributed by atoms with Crippen molar-refractivity contribution in [3.05, 3.63) is 29.8 Å². The molecule has 0 fully saturated rings. The molecule has 1 aromatic rings. The van der Waals surface area contributed by atoms with Crippen LogP contribution in [0.2, 0.25) is 0 Å². The van der Waals surface area contributed by atoms with Gasteiger partial charge in [0.15, 0.2) is 0 Å². The predicted molar refractivity (Wildman–Crippen MR) is 79.3 cm³/mol. The number of aromatic hydroxyl groups is 1. The number of benzene rings is 1. The Bertz CT molecular complexity index is 473. The van der Waals surface area contributed by atoms with Gasteiger partial charge in [0.2, 0.25) is 0 Å². The number of amides is 2. The second-order valence-corrected chi connectivity index (χ2v) is 4.79. The number of phenols is 1. The van der Waals surface area contributed by atoms with E-state index in [4.69, 9.17) is 0 Å². The average molecular weight is 294 g/mol. The van der Waals surface area contributed by atoms with Gasteiger partial charge in [-0.3, -0.25) is 0 Å². The minimum Gasteiger partial charge on any atom is -0.508 e. The summed E-state index contributed by atoms with van der Waals surface area (Å²) in [5.74, 6) is -0.959. The Labute approximate surface area is 124 Å². The minimum atomic E-state index is -1.08. The van der Waals surface area contributed by atoms with Crippen LogP contribution in [0.4, 0.5) is 4.79 Å². The fraction of sp³-hybridized carbons (Fsp3) is 0.467. The molecule has 0 aliphatic heterocycles. The molecule has 1 rings (SSSR count). The Morgan fingerprint density at radius 3 is 2.33 bits per heavy atom. The number of aliphatic carboxylic acids is 1. The molecular formula is C15H22N2O4. The van der Waals surface area contributed by atoms with Crippen LogP contribution in [0.3, 0.4) is 0 Å². The lowest BCUT2D eigenvalue weighted by molar-refractivity contribution is -0.139. The van der Waals surface area contributed by atoms with Gasteiger partial charge in [0, 0.05) is 19.5 Å². The van der Waals surface area contributed by atoms with E-state index in [1.54, 1.807) is 17.0 Å². The van der Waals surface area contributed by atoms with E-state index >= 15 is 0 Å². The van der Waals surface area contributed by atoms with Crippen molar-refractivity contribution in [2.75, 3.05) is 13.1 Å². The standard InChI is InChI=1S/C15H22N2O4/c1-3-9-17(4-2)15(21)16-13(14(19)20)10-11-5-7-12(18)8-6-11/h5-8,13,18H,3-4,9-10H2,1-2H3,(H,16,21)(H,19,20)/t13-/m1/s1. The van der Waals surface area contributed by atoms with Crippen LogP contribution in [0.5, 0.6) is 5.75 Å². The number of carboxylic acid groups (broad SMARTS) is 1. The quantitative estimate of drug-likeness (QED) is 0.715. The van der Waals surface area contributed by atoms with Gasteiger partial charge < -0.3 is 20.4 Å². The number of carbonyl (C=O) groups is 2. The first-order chi connectivity index (χ1) is 9.97. The summed E-state index contributed by atoms with van der Waals surface area (Å²) in [6.45, 7) is 4.94. The van der Waals surface area contributed by atoms with Crippen LogP contribution < -0.4 is 5.32 Å². The lowest BCUT2D eigenvalue weighted by Crippen LogP contribution is -2.49. The molecule has 0 aliphatic carbocycles. The third kappa shape index (κ3) is 5.33. The van der Waals surface area contributed by atoms with Crippen molar-refractivity contribution in [1.29, 1.82) is 0 Å². The Hall–Kier alpha value is -2.24. The highest BCUT2D eigenvalue weighted by molar-refractivity contribution is 5.82. The molecule has 21 heavy (non-hydrogen) atoms. The van der Waals surface area contributed by atoms with Gasteiger partial charge in [0.05, 0.1) is 0 Å². The molecule has 0 bridgehead atoms. The third-order valence-electron chi connectivity index (χ3n) is 3.13. The van der Waals surface area contributed by atoms with Crippen LogP contribution in [-0.2, 0) is 11.2 Å². The summed E-state index contributed by atoms with van der Waals surface area (Å²) >= 11 is 0. The number of carbonyl (C=O) groups excluding carboxylic acids is 1. The maximum absolute atomic E-state index is 12.0. The zero-order chi connectivity index (χ0) is 15.8. The predicted octanol–water partition coefficient (Wildman–Crippen LogP) is 1.83. The molecule has 0 unspecified atom stereocenters. The van der Waals surface area contributed by atoms with Crippen LogP contribution in [0.1, 0.15) is 25.8 Å². The summed E-state index contributed by atoms with van der Waals surface area (Å²) in [6.07, 6.45) is 0.988. The molecule has 1 aromatic carbocycles. The Morgan fingerprint density at radius 2 is 1.86 bits per heavy atom. The highest BCUT2D eigenvalue weighted by Crippen LogP contribution is 2.11. The second-order valence-electron chi connectivity index (χ2n) is 4.79. The maximum atomic E-state index is 12.0. The minimum absolute atomic E-state index is 0.120. The number of nitrogens with one attached hydrogen (secondary N) is 1. The van der Waals surface area contributed by atoms with E-state index in [9.17, 15) is 19.8 Å². The van der Waals surface area contributed by atoms with Crippen molar-refractivity contribution in [2.24, 2.45) is 0 Å². The van der Waals surface area contributed by atoms with E-state index in [0.29, 0.717) is 13.1 Å². The first kappa shape index (κ1) is 16.8. The van der Waals surface area contributed by atoms with Gasteiger partial charge in [-0.15, -0.1) is 0 Å². The molecule has 0 saturated carbocycles. The smallest absolute Gasteiger partial charge is 0.326 e. The average Bonchev–Trinajstić information content (AvgIpc) is 2.45. The zero-order valence-electron chi connectivity index (χ0n) is 12.4. The number of phenolic OH excluding ortho intramolecular Hbond substituents is 1. The molecule has 0 aliphatic rings. The highest BCUT2D eigenvalue weighted by Gasteiger charge is 2.22. The fourth-order valence-electron chi connectivity index (χ4n) is 1.98. The molecule has 0 heterocycles. The molecule has 6 heteroatoms. The number of nitrogens with zero attached hydrogens (tertiary/aromatic N) is 1. The second kappa shape index (κ2) is 8.14. The topological polar surface area (TPSA) is 89.9 Å². The summed E-state index contributed by atoms with van der Waals surface area (Å²) in [5, 5.41) is 21.0. The molecule has 1 atom stereocenters. The summed E-state index contributed by atoms with van der Waals surface area (Å²) in [5.41, 5.74) is 0.735. The van der Waals surface area contributed by atoms with Gasteiger partial charge in [-0.1, -0.05) is 19.1 Å². The maximum Gasteiger partial charge on any atom is 0.326 e. The summed E-state index contributed by atoms with van der Waals surface area (Å²) in [4.78, 5) is 24.9. The highest BCUT2D eigenvalue weighted by atomic mass is 16.4. The Morgan fingerprint density at radius 1 is 1.24 bits per heavy atom. The van der Waals surface area contributed by atoms with Crippen molar-refractivity contribution < 1.29 is 19.8 Å². The Balaban J connectivity index is 2.71. The van der Waals surface area contributed by atoms with Crippen molar-refractivity contribution >= 4 is 12.0 Å². The van der Waals surface area contributed by atoms with E-state index in [2.05, 4.69) is 5.32 Å². The number of carboxylic acids is 1. The van der Waals surface area contributed by atoms with Crippen molar-refractivity contribution in [3.8, 4) is 5.75 Å². The van der Waals surface area contributed by atoms with Gasteiger partial charge in [0.25, 0.3) is 0 Å². The lowest BCUT2D eigenvalue weighted by Gasteiger charge is -2.23. The van der Waals surface area contributed by atoms with Gasteiger partial charge in [-0.05, 0) is 31.0 Å². The molecule has 0 spiro atoms. The monoisotopic (exact) mass is 294 g/mol. The van der Waals surface area contributed by atoms with Gasteiger partial charge in [-0.25, -0.2) is 9.59 Å². The largest absolute Gasteiger partial charge is 0.508 e. The van der Waals surface area contributed by atoms with Crippen LogP contribution in [0.25, 0.3) is 0 Å². The third-order valence-corrected chi connectivity index (χ3v) is 3.13. The molecule has 2 amide bonds. The van der Waals surface area contributed by atoms with E-state index < -0.39 is 12.0 Å². The van der Waals surface area contributed by atoms with Crippen molar-refractivity contribution in [3.63, 3.8) is 0 Å². The first-order valence-corrected chi connectivity index (χ1v) is 7.04. The lowest BCUT2D eigenvalue weighted by atomic mass is 10.1. The number of urea groups is 1. The normalized spacial score (nSPS) is 11.7. The first-order valence-electron chi connectivity index (χ1n) is 7.04. The van der Waals surface area contributed by atoms with Crippen molar-refractivity contribution in [2.45, 2.75) is 32.7 Å². The van der Waals surface area contributed by atoms with Gasteiger partial charge in [-0.2, -0.15) is 0 Å².